The molecule has 0 unspecified atom stereocenters. The maximum Gasteiger partial charge on any atom is 0.0237 e. The molecule has 2 aromatic carbocycles. The summed E-state index contributed by atoms with van der Waals surface area (Å²) >= 11 is 0. The van der Waals surface area contributed by atoms with E-state index in [0.29, 0.717) is 0 Å². The molecular formula is C22H25N. The van der Waals surface area contributed by atoms with Crippen LogP contribution in [0, 0.1) is 0 Å². The largest absolute Gasteiger partial charge is 0.295 e. The van der Waals surface area contributed by atoms with Crippen molar-refractivity contribution < 1.29 is 0 Å². The quantitative estimate of drug-likeness (QED) is 0.562. The average molecular weight is 303 g/mol. The second-order valence-corrected chi connectivity index (χ2v) is 5.76. The molecule has 0 aliphatic carbocycles. The van der Waals surface area contributed by atoms with Gasteiger partial charge in [0.25, 0.3) is 0 Å². The summed E-state index contributed by atoms with van der Waals surface area (Å²) in [6.45, 7) is 14.7. The third kappa shape index (κ3) is 5.72. The van der Waals surface area contributed by atoms with Crippen LogP contribution in [-0.4, -0.2) is 11.4 Å². The number of hydrogen-bond donors (Lipinski definition) is 0. The van der Waals surface area contributed by atoms with Gasteiger partial charge < -0.3 is 0 Å². The summed E-state index contributed by atoms with van der Waals surface area (Å²) in [5.74, 6) is 0. The van der Waals surface area contributed by atoms with E-state index < -0.39 is 0 Å². The van der Waals surface area contributed by atoms with E-state index in [1.54, 1.807) is 6.08 Å². The van der Waals surface area contributed by atoms with E-state index in [4.69, 9.17) is 0 Å². The first kappa shape index (κ1) is 17.0. The van der Waals surface area contributed by atoms with Crippen molar-refractivity contribution >= 4 is 0 Å². The second kappa shape index (κ2) is 8.92. The van der Waals surface area contributed by atoms with Gasteiger partial charge in [-0.2, -0.15) is 0 Å². The first-order valence-electron chi connectivity index (χ1n) is 7.98. The van der Waals surface area contributed by atoms with Crippen LogP contribution in [0.1, 0.15) is 17.5 Å². The van der Waals surface area contributed by atoms with Crippen LogP contribution in [0.4, 0.5) is 0 Å². The molecule has 1 nitrogen and oxygen atoms in total. The Morgan fingerprint density at radius 1 is 0.826 bits per heavy atom. The summed E-state index contributed by atoms with van der Waals surface area (Å²) in [6, 6.07) is 21.2. The highest BCUT2D eigenvalue weighted by Gasteiger charge is 2.08. The molecule has 0 saturated heterocycles. The molecule has 0 aliphatic rings. The fourth-order valence-electron chi connectivity index (χ4n) is 2.50. The van der Waals surface area contributed by atoms with Crippen molar-refractivity contribution in [3.05, 3.63) is 109 Å². The third-order valence-electron chi connectivity index (χ3n) is 3.93. The average Bonchev–Trinajstić information content (AvgIpc) is 2.60. The van der Waals surface area contributed by atoms with Crippen molar-refractivity contribution in [1.82, 2.24) is 4.90 Å². The second-order valence-electron chi connectivity index (χ2n) is 5.76. The lowest BCUT2D eigenvalue weighted by Crippen LogP contribution is -2.24. The molecular weight excluding hydrogens is 278 g/mol. The number of nitrogens with zero attached hydrogens (tertiary/aromatic N) is 1. The molecule has 0 N–H and O–H groups in total. The standard InChI is InChI=1S/C22H25N/c1-4-19(2)20(3)15-16-23(17-21-11-7-5-8-12-21)18-22-13-9-6-10-14-22/h4-14H,1-3,15-18H2. The van der Waals surface area contributed by atoms with E-state index in [2.05, 4.69) is 85.3 Å². The Hall–Kier alpha value is -2.38. The number of allylic oxidation sites excluding steroid dienone is 2. The number of benzene rings is 2. The van der Waals surface area contributed by atoms with E-state index >= 15 is 0 Å². The van der Waals surface area contributed by atoms with Crippen LogP contribution in [0.2, 0.25) is 0 Å². The predicted molar refractivity (Wildman–Crippen MR) is 100 cm³/mol. The molecule has 0 aliphatic heterocycles. The molecule has 2 aromatic rings. The molecule has 0 saturated carbocycles. The Morgan fingerprint density at radius 3 is 1.74 bits per heavy atom. The summed E-state index contributed by atoms with van der Waals surface area (Å²) in [6.07, 6.45) is 2.69. The summed E-state index contributed by atoms with van der Waals surface area (Å²) in [4.78, 5) is 2.45. The van der Waals surface area contributed by atoms with Crippen molar-refractivity contribution in [3.63, 3.8) is 0 Å². The van der Waals surface area contributed by atoms with Gasteiger partial charge in [0.1, 0.15) is 0 Å². The number of hydrogen-bond acceptors (Lipinski definition) is 1. The topological polar surface area (TPSA) is 3.24 Å². The zero-order valence-corrected chi connectivity index (χ0v) is 13.7. The summed E-state index contributed by atoms with van der Waals surface area (Å²) in [5.41, 5.74) is 4.66. The molecule has 2 rings (SSSR count). The van der Waals surface area contributed by atoms with Crippen LogP contribution in [0.5, 0.6) is 0 Å². The van der Waals surface area contributed by atoms with Gasteiger partial charge in [-0.3, -0.25) is 4.90 Å². The van der Waals surface area contributed by atoms with Crippen LogP contribution in [-0.2, 0) is 13.1 Å². The van der Waals surface area contributed by atoms with Crippen LogP contribution in [0.3, 0.4) is 0 Å². The molecule has 23 heavy (non-hydrogen) atoms. The molecule has 0 amide bonds. The van der Waals surface area contributed by atoms with E-state index in [-0.39, 0.29) is 0 Å². The Balaban J connectivity index is 2.03. The lowest BCUT2D eigenvalue weighted by atomic mass is 10.1. The van der Waals surface area contributed by atoms with Crippen molar-refractivity contribution in [2.24, 2.45) is 0 Å². The molecule has 0 heterocycles. The predicted octanol–water partition coefficient (Wildman–Crippen LogP) is 5.38. The lowest BCUT2D eigenvalue weighted by Gasteiger charge is -2.23. The number of rotatable bonds is 9. The Bertz CT molecular complexity index is 599. The monoisotopic (exact) mass is 303 g/mol. The Morgan fingerprint density at radius 2 is 1.30 bits per heavy atom. The van der Waals surface area contributed by atoms with Gasteiger partial charge in [0, 0.05) is 19.6 Å². The van der Waals surface area contributed by atoms with E-state index in [9.17, 15) is 0 Å². The molecule has 0 atom stereocenters. The molecule has 0 radical (unpaired) electrons. The van der Waals surface area contributed by atoms with E-state index in [0.717, 1.165) is 37.2 Å². The van der Waals surface area contributed by atoms with Gasteiger partial charge >= 0.3 is 0 Å². The SMILES string of the molecule is C=CC(=C)C(=C)CCN(Cc1ccccc1)Cc1ccccc1. The maximum absolute atomic E-state index is 4.11. The van der Waals surface area contributed by atoms with Crippen LogP contribution in [0.15, 0.2) is 97.6 Å². The minimum atomic E-state index is 0.907. The zero-order valence-electron chi connectivity index (χ0n) is 13.7. The smallest absolute Gasteiger partial charge is 0.0237 e. The van der Waals surface area contributed by atoms with Gasteiger partial charge in [-0.05, 0) is 28.7 Å². The molecule has 1 heteroatoms. The zero-order chi connectivity index (χ0) is 16.5. The summed E-state index contributed by atoms with van der Waals surface area (Å²) < 4.78 is 0. The van der Waals surface area contributed by atoms with Crippen molar-refractivity contribution in [1.29, 1.82) is 0 Å². The molecule has 0 bridgehead atoms. The maximum atomic E-state index is 4.11. The Labute approximate surface area is 140 Å². The molecule has 0 aromatic heterocycles. The van der Waals surface area contributed by atoms with Crippen molar-refractivity contribution in [3.8, 4) is 0 Å². The van der Waals surface area contributed by atoms with E-state index in [1.807, 2.05) is 0 Å². The van der Waals surface area contributed by atoms with Crippen LogP contribution in [0.25, 0.3) is 0 Å². The van der Waals surface area contributed by atoms with Crippen LogP contribution >= 0.6 is 0 Å². The van der Waals surface area contributed by atoms with Gasteiger partial charge in [-0.15, -0.1) is 0 Å². The van der Waals surface area contributed by atoms with Crippen molar-refractivity contribution in [2.45, 2.75) is 19.5 Å². The highest BCUT2D eigenvalue weighted by molar-refractivity contribution is 5.34. The lowest BCUT2D eigenvalue weighted by molar-refractivity contribution is 0.260. The minimum absolute atomic E-state index is 0.907. The third-order valence-corrected chi connectivity index (χ3v) is 3.93. The van der Waals surface area contributed by atoms with Gasteiger partial charge in [-0.25, -0.2) is 0 Å². The van der Waals surface area contributed by atoms with Crippen molar-refractivity contribution in [2.75, 3.05) is 6.54 Å². The Kier molecular flexibility index (Phi) is 6.58. The fourth-order valence-corrected chi connectivity index (χ4v) is 2.50. The van der Waals surface area contributed by atoms with E-state index in [1.165, 1.54) is 11.1 Å². The molecule has 118 valence electrons. The summed E-state index contributed by atoms with van der Waals surface area (Å²) in [5, 5.41) is 0. The van der Waals surface area contributed by atoms with Gasteiger partial charge in [0.2, 0.25) is 0 Å². The fraction of sp³-hybridized carbons (Fsp3) is 0.182. The first-order chi connectivity index (χ1) is 11.2. The van der Waals surface area contributed by atoms with Gasteiger partial charge in [0.15, 0.2) is 0 Å². The van der Waals surface area contributed by atoms with Crippen LogP contribution < -0.4 is 0 Å². The highest BCUT2D eigenvalue weighted by Crippen LogP contribution is 2.15. The highest BCUT2D eigenvalue weighted by atomic mass is 15.1. The van der Waals surface area contributed by atoms with Gasteiger partial charge in [0.05, 0.1) is 0 Å². The summed E-state index contributed by atoms with van der Waals surface area (Å²) in [7, 11) is 0. The molecule has 0 spiro atoms. The molecule has 0 fully saturated rings. The normalized spacial score (nSPS) is 10.5. The minimum Gasteiger partial charge on any atom is -0.295 e. The first-order valence-corrected chi connectivity index (χ1v) is 7.98. The van der Waals surface area contributed by atoms with Gasteiger partial charge in [-0.1, -0.05) is 86.5 Å².